The molecule has 3 nitrogen and oxygen atoms in total. The first-order valence-corrected chi connectivity index (χ1v) is 6.44. The predicted molar refractivity (Wildman–Crippen MR) is 70.6 cm³/mol. The monoisotopic (exact) mass is 252 g/mol. The van der Waals surface area contributed by atoms with Crippen molar-refractivity contribution < 1.29 is 4.74 Å². The lowest BCUT2D eigenvalue weighted by molar-refractivity contribution is -0.000180. The molecule has 1 aromatic carbocycles. The SMILES string of the molecule is Nc1ccc(Cl)c(N2CC3(CCOCC3)C2)c1. The van der Waals surface area contributed by atoms with Crippen LogP contribution in [0.1, 0.15) is 12.8 Å². The van der Waals surface area contributed by atoms with Crippen LogP contribution < -0.4 is 10.6 Å². The minimum atomic E-state index is 0.464. The first-order chi connectivity index (χ1) is 8.19. The van der Waals surface area contributed by atoms with Crippen LogP contribution in [0.25, 0.3) is 0 Å². The first-order valence-electron chi connectivity index (χ1n) is 6.06. The third-order valence-electron chi connectivity index (χ3n) is 3.92. The van der Waals surface area contributed by atoms with Gasteiger partial charge in [0.1, 0.15) is 0 Å². The zero-order chi connectivity index (χ0) is 11.9. The second kappa shape index (κ2) is 4.07. The third-order valence-corrected chi connectivity index (χ3v) is 4.24. The van der Waals surface area contributed by atoms with Crippen LogP contribution in [0.2, 0.25) is 5.02 Å². The number of hydrogen-bond donors (Lipinski definition) is 1. The van der Waals surface area contributed by atoms with Gasteiger partial charge in [-0.05, 0) is 31.0 Å². The maximum atomic E-state index is 6.21. The van der Waals surface area contributed by atoms with E-state index in [0.717, 1.165) is 42.7 Å². The predicted octanol–water partition coefficient (Wildman–Crippen LogP) is 2.54. The Morgan fingerprint density at radius 1 is 1.24 bits per heavy atom. The van der Waals surface area contributed by atoms with Crippen molar-refractivity contribution >= 4 is 23.0 Å². The fourth-order valence-corrected chi connectivity index (χ4v) is 3.06. The van der Waals surface area contributed by atoms with Gasteiger partial charge in [0.05, 0.1) is 10.7 Å². The molecule has 0 atom stereocenters. The van der Waals surface area contributed by atoms with Gasteiger partial charge in [-0.1, -0.05) is 11.6 Å². The molecule has 3 rings (SSSR count). The summed E-state index contributed by atoms with van der Waals surface area (Å²) in [5.74, 6) is 0. The number of rotatable bonds is 1. The number of nitrogens with two attached hydrogens (primary N) is 1. The van der Waals surface area contributed by atoms with Crippen molar-refractivity contribution in [3.8, 4) is 0 Å². The minimum absolute atomic E-state index is 0.464. The molecule has 1 spiro atoms. The number of benzene rings is 1. The molecule has 2 heterocycles. The molecule has 2 aliphatic rings. The summed E-state index contributed by atoms with van der Waals surface area (Å²) in [6.45, 7) is 3.97. The van der Waals surface area contributed by atoms with Crippen molar-refractivity contribution in [1.82, 2.24) is 0 Å². The van der Waals surface area contributed by atoms with E-state index in [1.54, 1.807) is 0 Å². The average molecular weight is 253 g/mol. The highest BCUT2D eigenvalue weighted by atomic mass is 35.5. The molecule has 0 radical (unpaired) electrons. The van der Waals surface area contributed by atoms with Crippen molar-refractivity contribution in [2.45, 2.75) is 12.8 Å². The Labute approximate surface area is 106 Å². The van der Waals surface area contributed by atoms with E-state index in [-0.39, 0.29) is 0 Å². The lowest BCUT2D eigenvalue weighted by Crippen LogP contribution is -2.58. The molecule has 2 aliphatic heterocycles. The number of ether oxygens (including phenoxy) is 1. The molecule has 1 aromatic rings. The van der Waals surface area contributed by atoms with E-state index in [1.807, 2.05) is 18.2 Å². The number of halogens is 1. The van der Waals surface area contributed by atoms with Crippen molar-refractivity contribution in [3.63, 3.8) is 0 Å². The van der Waals surface area contributed by atoms with Crippen LogP contribution in [-0.2, 0) is 4.74 Å². The summed E-state index contributed by atoms with van der Waals surface area (Å²) >= 11 is 6.21. The second-order valence-electron chi connectivity index (χ2n) is 5.18. The van der Waals surface area contributed by atoms with Gasteiger partial charge in [-0.15, -0.1) is 0 Å². The number of hydrogen-bond acceptors (Lipinski definition) is 3. The van der Waals surface area contributed by atoms with E-state index in [2.05, 4.69) is 4.90 Å². The molecular formula is C13H17ClN2O. The highest BCUT2D eigenvalue weighted by Crippen LogP contribution is 2.44. The Morgan fingerprint density at radius 3 is 2.65 bits per heavy atom. The van der Waals surface area contributed by atoms with Crippen LogP contribution in [0.5, 0.6) is 0 Å². The minimum Gasteiger partial charge on any atom is -0.399 e. The largest absolute Gasteiger partial charge is 0.399 e. The van der Waals surface area contributed by atoms with Gasteiger partial charge in [-0.25, -0.2) is 0 Å². The van der Waals surface area contributed by atoms with Crippen LogP contribution in [0, 0.1) is 5.41 Å². The molecule has 0 aromatic heterocycles. The molecule has 4 heteroatoms. The van der Waals surface area contributed by atoms with Crippen LogP contribution in [0.4, 0.5) is 11.4 Å². The molecule has 0 saturated carbocycles. The summed E-state index contributed by atoms with van der Waals surface area (Å²) < 4.78 is 5.42. The molecular weight excluding hydrogens is 236 g/mol. The summed E-state index contributed by atoms with van der Waals surface area (Å²) in [5.41, 5.74) is 8.12. The fourth-order valence-electron chi connectivity index (χ4n) is 2.83. The van der Waals surface area contributed by atoms with Crippen molar-refractivity contribution in [1.29, 1.82) is 0 Å². The molecule has 2 saturated heterocycles. The highest BCUT2D eigenvalue weighted by molar-refractivity contribution is 6.33. The quantitative estimate of drug-likeness (QED) is 0.781. The summed E-state index contributed by atoms with van der Waals surface area (Å²) in [5, 5.41) is 0.793. The Bertz CT molecular complexity index is 421. The van der Waals surface area contributed by atoms with Gasteiger partial charge < -0.3 is 15.4 Å². The molecule has 0 bridgehead atoms. The Balaban J connectivity index is 1.74. The van der Waals surface area contributed by atoms with Crippen LogP contribution in [0.3, 0.4) is 0 Å². The number of nitrogens with zero attached hydrogens (tertiary/aromatic N) is 1. The summed E-state index contributed by atoms with van der Waals surface area (Å²) in [4.78, 5) is 2.32. The van der Waals surface area contributed by atoms with Crippen molar-refractivity contribution in [3.05, 3.63) is 23.2 Å². The Kier molecular flexibility index (Phi) is 2.68. The Morgan fingerprint density at radius 2 is 1.94 bits per heavy atom. The van der Waals surface area contributed by atoms with Gasteiger partial charge >= 0.3 is 0 Å². The molecule has 17 heavy (non-hydrogen) atoms. The van der Waals surface area contributed by atoms with E-state index in [1.165, 1.54) is 12.8 Å². The van der Waals surface area contributed by atoms with E-state index >= 15 is 0 Å². The van der Waals surface area contributed by atoms with E-state index < -0.39 is 0 Å². The maximum absolute atomic E-state index is 6.21. The third kappa shape index (κ3) is 1.98. The summed E-state index contributed by atoms with van der Waals surface area (Å²) in [6.07, 6.45) is 2.34. The van der Waals surface area contributed by atoms with Crippen LogP contribution in [0.15, 0.2) is 18.2 Å². The molecule has 0 aliphatic carbocycles. The average Bonchev–Trinajstić information content (AvgIpc) is 2.30. The molecule has 0 amide bonds. The lowest BCUT2D eigenvalue weighted by atomic mass is 9.73. The molecule has 2 N–H and O–H groups in total. The topological polar surface area (TPSA) is 38.5 Å². The van der Waals surface area contributed by atoms with Gasteiger partial charge in [0.2, 0.25) is 0 Å². The van der Waals surface area contributed by atoms with Gasteiger partial charge in [-0.2, -0.15) is 0 Å². The molecule has 92 valence electrons. The zero-order valence-corrected chi connectivity index (χ0v) is 10.5. The van der Waals surface area contributed by atoms with E-state index in [4.69, 9.17) is 22.1 Å². The first kappa shape index (κ1) is 11.2. The van der Waals surface area contributed by atoms with Crippen LogP contribution in [-0.4, -0.2) is 26.3 Å². The van der Waals surface area contributed by atoms with Crippen LogP contribution >= 0.6 is 11.6 Å². The van der Waals surface area contributed by atoms with E-state index in [9.17, 15) is 0 Å². The highest BCUT2D eigenvalue weighted by Gasteiger charge is 2.44. The van der Waals surface area contributed by atoms with Crippen molar-refractivity contribution in [2.24, 2.45) is 5.41 Å². The lowest BCUT2D eigenvalue weighted by Gasteiger charge is -2.53. The van der Waals surface area contributed by atoms with Gasteiger partial charge in [-0.3, -0.25) is 0 Å². The summed E-state index contributed by atoms with van der Waals surface area (Å²) in [7, 11) is 0. The standard InChI is InChI=1S/C13H17ClN2O/c14-11-2-1-10(15)7-12(11)16-8-13(9-16)3-5-17-6-4-13/h1-2,7H,3-6,8-9,15H2. The van der Waals surface area contributed by atoms with Gasteiger partial charge in [0, 0.05) is 37.4 Å². The fraction of sp³-hybridized carbons (Fsp3) is 0.538. The van der Waals surface area contributed by atoms with Crippen molar-refractivity contribution in [2.75, 3.05) is 36.9 Å². The second-order valence-corrected chi connectivity index (χ2v) is 5.59. The number of nitrogen functional groups attached to an aromatic ring is 1. The van der Waals surface area contributed by atoms with Gasteiger partial charge in [0.25, 0.3) is 0 Å². The number of anilines is 2. The normalized spacial score (nSPS) is 22.5. The summed E-state index contributed by atoms with van der Waals surface area (Å²) in [6, 6.07) is 5.69. The smallest absolute Gasteiger partial charge is 0.0641 e. The van der Waals surface area contributed by atoms with E-state index in [0.29, 0.717) is 5.41 Å². The zero-order valence-electron chi connectivity index (χ0n) is 9.79. The van der Waals surface area contributed by atoms with Gasteiger partial charge in [0.15, 0.2) is 0 Å². The Hall–Kier alpha value is -0.930. The molecule has 2 fully saturated rings. The maximum Gasteiger partial charge on any atom is 0.0641 e. The molecule has 0 unspecified atom stereocenters.